The van der Waals surface area contributed by atoms with Crippen molar-refractivity contribution < 1.29 is 4.74 Å². The Kier molecular flexibility index (Phi) is 2.70. The first-order valence-corrected chi connectivity index (χ1v) is 5.50. The summed E-state index contributed by atoms with van der Waals surface area (Å²) in [5.41, 5.74) is 6.69. The zero-order chi connectivity index (χ0) is 9.97. The summed E-state index contributed by atoms with van der Waals surface area (Å²) in [6.45, 7) is 3.24. The number of ether oxygens (including phenoxy) is 1. The lowest BCUT2D eigenvalue weighted by Crippen LogP contribution is -2.10. The van der Waals surface area contributed by atoms with Crippen LogP contribution < -0.4 is 10.5 Å². The quantitative estimate of drug-likeness (QED) is 0.839. The Labute approximate surface area is 87.3 Å². The number of thiophene rings is 1. The number of hydrogen-bond acceptors (Lipinski definition) is 3. The summed E-state index contributed by atoms with van der Waals surface area (Å²) in [6, 6.07) is 6.13. The lowest BCUT2D eigenvalue weighted by atomic mass is 10.2. The normalized spacial score (nSPS) is 10.7. The summed E-state index contributed by atoms with van der Waals surface area (Å²) < 4.78 is 6.86. The first-order valence-electron chi connectivity index (χ1n) is 4.62. The Hall–Kier alpha value is -1.06. The van der Waals surface area contributed by atoms with Gasteiger partial charge in [0.05, 0.1) is 0 Å². The summed E-state index contributed by atoms with van der Waals surface area (Å²) in [6.07, 6.45) is 0. The van der Waals surface area contributed by atoms with Crippen LogP contribution in [0.1, 0.15) is 5.56 Å². The average molecular weight is 207 g/mol. The van der Waals surface area contributed by atoms with Gasteiger partial charge in [0, 0.05) is 16.6 Å². The van der Waals surface area contributed by atoms with Gasteiger partial charge in [-0.05, 0) is 30.0 Å². The predicted molar refractivity (Wildman–Crippen MR) is 61.1 cm³/mol. The minimum atomic E-state index is 0.555. The van der Waals surface area contributed by atoms with Crippen molar-refractivity contribution in [2.75, 3.05) is 13.2 Å². The third-order valence-electron chi connectivity index (χ3n) is 2.12. The zero-order valence-corrected chi connectivity index (χ0v) is 8.93. The third kappa shape index (κ3) is 1.61. The van der Waals surface area contributed by atoms with E-state index >= 15 is 0 Å². The smallest absolute Gasteiger partial charge is 0.128 e. The Morgan fingerprint density at radius 1 is 1.43 bits per heavy atom. The number of benzene rings is 1. The Morgan fingerprint density at radius 2 is 2.29 bits per heavy atom. The fraction of sp³-hybridized carbons (Fsp3) is 0.273. The van der Waals surface area contributed by atoms with E-state index in [1.807, 2.05) is 12.1 Å². The van der Waals surface area contributed by atoms with Gasteiger partial charge in [0.25, 0.3) is 0 Å². The van der Waals surface area contributed by atoms with Gasteiger partial charge in [0.1, 0.15) is 12.4 Å². The summed E-state index contributed by atoms with van der Waals surface area (Å²) >= 11 is 1.75. The summed E-state index contributed by atoms with van der Waals surface area (Å²) in [4.78, 5) is 0. The van der Waals surface area contributed by atoms with Crippen LogP contribution >= 0.6 is 11.3 Å². The largest absolute Gasteiger partial charge is 0.492 e. The molecule has 2 aromatic rings. The topological polar surface area (TPSA) is 35.2 Å². The highest BCUT2D eigenvalue weighted by Crippen LogP contribution is 2.33. The second kappa shape index (κ2) is 3.98. The average Bonchev–Trinajstić information content (AvgIpc) is 2.58. The third-order valence-corrected chi connectivity index (χ3v) is 3.19. The van der Waals surface area contributed by atoms with Crippen LogP contribution in [0.3, 0.4) is 0 Å². The van der Waals surface area contributed by atoms with Crippen molar-refractivity contribution in [2.24, 2.45) is 5.73 Å². The van der Waals surface area contributed by atoms with Crippen LogP contribution in [0.5, 0.6) is 5.75 Å². The molecule has 0 unspecified atom stereocenters. The Morgan fingerprint density at radius 3 is 3.07 bits per heavy atom. The maximum absolute atomic E-state index is 5.59. The van der Waals surface area contributed by atoms with E-state index in [1.165, 1.54) is 15.6 Å². The summed E-state index contributed by atoms with van der Waals surface area (Å²) in [5.74, 6) is 0.951. The van der Waals surface area contributed by atoms with Crippen LogP contribution in [0.2, 0.25) is 0 Å². The second-order valence-electron chi connectivity index (χ2n) is 3.19. The van der Waals surface area contributed by atoms with E-state index < -0.39 is 0 Å². The molecule has 0 bridgehead atoms. The van der Waals surface area contributed by atoms with Gasteiger partial charge in [-0.3, -0.25) is 0 Å². The van der Waals surface area contributed by atoms with Crippen LogP contribution in [0.4, 0.5) is 0 Å². The Balaban J connectivity index is 2.46. The van der Waals surface area contributed by atoms with E-state index in [4.69, 9.17) is 10.5 Å². The van der Waals surface area contributed by atoms with Gasteiger partial charge in [-0.15, -0.1) is 11.3 Å². The van der Waals surface area contributed by atoms with Crippen LogP contribution in [-0.4, -0.2) is 13.2 Å². The molecule has 0 radical (unpaired) electrons. The van der Waals surface area contributed by atoms with Crippen molar-refractivity contribution >= 4 is 21.4 Å². The van der Waals surface area contributed by atoms with Gasteiger partial charge in [0.2, 0.25) is 0 Å². The summed E-state index contributed by atoms with van der Waals surface area (Å²) in [5, 5.41) is 3.38. The number of nitrogens with two attached hydrogens (primary N) is 1. The first-order chi connectivity index (χ1) is 6.83. The highest BCUT2D eigenvalue weighted by molar-refractivity contribution is 7.17. The van der Waals surface area contributed by atoms with E-state index in [2.05, 4.69) is 18.4 Å². The molecule has 2 N–H and O–H groups in total. The lowest BCUT2D eigenvalue weighted by Gasteiger charge is -2.06. The molecule has 0 amide bonds. The fourth-order valence-corrected chi connectivity index (χ4v) is 2.46. The number of fused-ring (bicyclic) bond motifs is 1. The first kappa shape index (κ1) is 9.49. The highest BCUT2D eigenvalue weighted by Gasteiger charge is 2.05. The maximum Gasteiger partial charge on any atom is 0.128 e. The van der Waals surface area contributed by atoms with Crippen molar-refractivity contribution in [3.8, 4) is 5.75 Å². The molecule has 2 nitrogen and oxygen atoms in total. The molecule has 14 heavy (non-hydrogen) atoms. The van der Waals surface area contributed by atoms with E-state index in [-0.39, 0.29) is 0 Å². The standard InChI is InChI=1S/C11H13NOS/c1-8-7-14-10-4-2-3-9(11(8)10)13-6-5-12/h2-4,7H,5-6,12H2,1H3. The molecule has 74 valence electrons. The molecular formula is C11H13NOS. The molecule has 0 aliphatic rings. The highest BCUT2D eigenvalue weighted by atomic mass is 32.1. The Bertz CT molecular complexity index is 436. The minimum absolute atomic E-state index is 0.555. The molecule has 0 aliphatic carbocycles. The van der Waals surface area contributed by atoms with Crippen molar-refractivity contribution in [3.05, 3.63) is 29.1 Å². The van der Waals surface area contributed by atoms with Crippen molar-refractivity contribution in [1.29, 1.82) is 0 Å². The van der Waals surface area contributed by atoms with Gasteiger partial charge in [-0.2, -0.15) is 0 Å². The number of hydrogen-bond donors (Lipinski definition) is 1. The minimum Gasteiger partial charge on any atom is -0.492 e. The van der Waals surface area contributed by atoms with Gasteiger partial charge in [0.15, 0.2) is 0 Å². The molecule has 0 saturated heterocycles. The van der Waals surface area contributed by atoms with Crippen LogP contribution in [-0.2, 0) is 0 Å². The molecule has 3 heteroatoms. The van der Waals surface area contributed by atoms with Crippen molar-refractivity contribution in [2.45, 2.75) is 6.92 Å². The molecular weight excluding hydrogens is 194 g/mol. The molecule has 0 fully saturated rings. The number of rotatable bonds is 3. The van der Waals surface area contributed by atoms with Gasteiger partial charge < -0.3 is 10.5 Å². The van der Waals surface area contributed by atoms with E-state index in [9.17, 15) is 0 Å². The van der Waals surface area contributed by atoms with E-state index in [0.29, 0.717) is 13.2 Å². The molecule has 1 heterocycles. The van der Waals surface area contributed by atoms with Gasteiger partial charge in [-0.1, -0.05) is 6.07 Å². The molecule has 0 spiro atoms. The number of aryl methyl sites for hydroxylation is 1. The predicted octanol–water partition coefficient (Wildman–Crippen LogP) is 2.55. The molecule has 1 aromatic heterocycles. The molecule has 2 rings (SSSR count). The summed E-state index contributed by atoms with van der Waals surface area (Å²) in [7, 11) is 0. The van der Waals surface area contributed by atoms with E-state index in [0.717, 1.165) is 5.75 Å². The van der Waals surface area contributed by atoms with Crippen LogP contribution in [0.25, 0.3) is 10.1 Å². The molecule has 1 aromatic carbocycles. The van der Waals surface area contributed by atoms with Gasteiger partial charge in [-0.25, -0.2) is 0 Å². The monoisotopic (exact) mass is 207 g/mol. The maximum atomic E-state index is 5.59. The fourth-order valence-electron chi connectivity index (χ4n) is 1.50. The second-order valence-corrected chi connectivity index (χ2v) is 4.10. The molecule has 0 atom stereocenters. The molecule has 0 saturated carbocycles. The van der Waals surface area contributed by atoms with Crippen molar-refractivity contribution in [1.82, 2.24) is 0 Å². The van der Waals surface area contributed by atoms with Crippen molar-refractivity contribution in [3.63, 3.8) is 0 Å². The van der Waals surface area contributed by atoms with Crippen LogP contribution in [0, 0.1) is 6.92 Å². The lowest BCUT2D eigenvalue weighted by molar-refractivity contribution is 0.332. The zero-order valence-electron chi connectivity index (χ0n) is 8.12. The van der Waals surface area contributed by atoms with Crippen LogP contribution in [0.15, 0.2) is 23.6 Å². The SMILES string of the molecule is Cc1csc2cccc(OCCN)c12. The van der Waals surface area contributed by atoms with E-state index in [1.54, 1.807) is 11.3 Å². The molecule has 0 aliphatic heterocycles. The van der Waals surface area contributed by atoms with Gasteiger partial charge >= 0.3 is 0 Å².